The number of aromatic nitrogens is 3. The maximum atomic E-state index is 13.1. The third-order valence-corrected chi connectivity index (χ3v) is 5.28. The molecule has 1 amide bonds. The minimum absolute atomic E-state index is 0.103. The summed E-state index contributed by atoms with van der Waals surface area (Å²) >= 11 is 6.09. The highest BCUT2D eigenvalue weighted by molar-refractivity contribution is 6.32. The van der Waals surface area contributed by atoms with E-state index in [9.17, 15) is 9.90 Å². The zero-order valence-electron chi connectivity index (χ0n) is 15.5. The summed E-state index contributed by atoms with van der Waals surface area (Å²) in [4.78, 5) is 14.9. The molecule has 2 aromatic heterocycles. The predicted molar refractivity (Wildman–Crippen MR) is 105 cm³/mol. The Balaban J connectivity index is 1.59. The van der Waals surface area contributed by atoms with Gasteiger partial charge < -0.3 is 14.7 Å². The first-order valence-electron chi connectivity index (χ1n) is 9.32. The number of likely N-dealkylation sites (tertiary alicyclic amines) is 1. The largest absolute Gasteiger partial charge is 0.503 e. The average Bonchev–Trinajstić information content (AvgIpc) is 3.15. The van der Waals surface area contributed by atoms with Crippen molar-refractivity contribution < 1.29 is 14.6 Å². The fraction of sp³-hybridized carbons (Fsp3) is 0.350. The van der Waals surface area contributed by atoms with E-state index < -0.39 is 0 Å². The van der Waals surface area contributed by atoms with Crippen molar-refractivity contribution in [2.45, 2.75) is 25.7 Å². The quantitative estimate of drug-likeness (QED) is 0.724. The molecule has 1 atom stereocenters. The van der Waals surface area contributed by atoms with Crippen LogP contribution in [0.15, 0.2) is 36.5 Å². The molecular formula is C20H21ClN4O3. The van der Waals surface area contributed by atoms with Gasteiger partial charge in [-0.25, -0.2) is 0 Å². The monoisotopic (exact) mass is 400 g/mol. The summed E-state index contributed by atoms with van der Waals surface area (Å²) in [6.07, 6.45) is 3.77. The summed E-state index contributed by atoms with van der Waals surface area (Å²) in [6, 6.07) is 8.81. The van der Waals surface area contributed by atoms with Crippen LogP contribution >= 0.6 is 11.6 Å². The number of aromatic hydroxyl groups is 1. The van der Waals surface area contributed by atoms with E-state index >= 15 is 0 Å². The van der Waals surface area contributed by atoms with Crippen LogP contribution in [0.2, 0.25) is 5.02 Å². The first-order valence-corrected chi connectivity index (χ1v) is 9.70. The number of phenols is 1. The molecule has 3 heterocycles. The lowest BCUT2D eigenvalue weighted by atomic mass is 9.96. The molecule has 0 bridgehead atoms. The highest BCUT2D eigenvalue weighted by Crippen LogP contribution is 2.36. The molecule has 146 valence electrons. The van der Waals surface area contributed by atoms with Crippen LogP contribution in [0.3, 0.4) is 0 Å². The second kappa shape index (κ2) is 7.67. The number of ether oxygens (including phenoxy) is 1. The molecule has 1 aromatic carbocycles. The van der Waals surface area contributed by atoms with E-state index in [4.69, 9.17) is 16.3 Å². The molecule has 8 heteroatoms. The number of halogens is 1. The molecule has 1 saturated heterocycles. The fourth-order valence-corrected chi connectivity index (χ4v) is 3.87. The van der Waals surface area contributed by atoms with Crippen molar-refractivity contribution in [2.75, 3.05) is 19.7 Å². The van der Waals surface area contributed by atoms with E-state index in [0.29, 0.717) is 25.3 Å². The predicted octanol–water partition coefficient (Wildman–Crippen LogP) is 3.51. The van der Waals surface area contributed by atoms with Crippen molar-refractivity contribution in [1.29, 1.82) is 0 Å². The number of piperidine rings is 1. The molecule has 0 spiro atoms. The van der Waals surface area contributed by atoms with Gasteiger partial charge in [-0.3, -0.25) is 9.20 Å². The normalized spacial score (nSPS) is 17.1. The van der Waals surface area contributed by atoms with E-state index in [2.05, 4.69) is 10.2 Å². The summed E-state index contributed by atoms with van der Waals surface area (Å²) in [5.41, 5.74) is 1.20. The highest BCUT2D eigenvalue weighted by Gasteiger charge is 2.29. The van der Waals surface area contributed by atoms with Gasteiger partial charge in [0.1, 0.15) is 5.82 Å². The number of amides is 1. The first-order chi connectivity index (χ1) is 13.6. The standard InChI is InChI=1S/C20H21ClN4O3/c1-2-28-16-11-14(10-15(21)18(16)26)20(27)24-8-5-6-13(12-24)19-23-22-17-7-3-4-9-25(17)19/h3-4,7,9-11,13,26H,2,5-6,8,12H2,1H3. The average molecular weight is 401 g/mol. The van der Waals surface area contributed by atoms with Crippen LogP contribution in [0.5, 0.6) is 11.5 Å². The topological polar surface area (TPSA) is 80.0 Å². The van der Waals surface area contributed by atoms with E-state index in [0.717, 1.165) is 24.3 Å². The summed E-state index contributed by atoms with van der Waals surface area (Å²) in [6.45, 7) is 3.39. The maximum absolute atomic E-state index is 13.1. The van der Waals surface area contributed by atoms with Crippen LogP contribution < -0.4 is 4.74 Å². The van der Waals surface area contributed by atoms with Gasteiger partial charge in [0.2, 0.25) is 0 Å². The number of carbonyl (C=O) groups excluding carboxylic acids is 1. The molecule has 1 fully saturated rings. The van der Waals surface area contributed by atoms with Gasteiger partial charge in [0.05, 0.1) is 11.6 Å². The number of rotatable bonds is 4. The summed E-state index contributed by atoms with van der Waals surface area (Å²) < 4.78 is 7.37. The van der Waals surface area contributed by atoms with Crippen molar-refractivity contribution >= 4 is 23.2 Å². The molecule has 28 heavy (non-hydrogen) atoms. The van der Waals surface area contributed by atoms with Crippen LogP contribution in [0.25, 0.3) is 5.65 Å². The Morgan fingerprint density at radius 2 is 2.21 bits per heavy atom. The number of pyridine rings is 1. The number of nitrogens with zero attached hydrogens (tertiary/aromatic N) is 4. The second-order valence-corrected chi connectivity index (χ2v) is 7.22. The third-order valence-electron chi connectivity index (χ3n) is 4.99. The van der Waals surface area contributed by atoms with E-state index in [1.165, 1.54) is 6.07 Å². The molecular weight excluding hydrogens is 380 g/mol. The van der Waals surface area contributed by atoms with Crippen LogP contribution in [0.4, 0.5) is 0 Å². The van der Waals surface area contributed by atoms with Gasteiger partial charge in [-0.05, 0) is 44.0 Å². The molecule has 0 saturated carbocycles. The molecule has 1 aliphatic rings. The number of benzene rings is 1. The molecule has 7 nitrogen and oxygen atoms in total. The van der Waals surface area contributed by atoms with Crippen molar-refractivity contribution in [3.05, 3.63) is 52.9 Å². The minimum atomic E-state index is -0.147. The molecule has 1 N–H and O–H groups in total. The number of carbonyl (C=O) groups is 1. The zero-order valence-corrected chi connectivity index (χ0v) is 16.3. The molecule has 1 aliphatic heterocycles. The van der Waals surface area contributed by atoms with Crippen LogP contribution in [-0.4, -0.2) is 50.2 Å². The smallest absolute Gasteiger partial charge is 0.254 e. The Kier molecular flexibility index (Phi) is 5.09. The number of hydrogen-bond donors (Lipinski definition) is 1. The van der Waals surface area contributed by atoms with Gasteiger partial charge in [-0.1, -0.05) is 17.7 Å². The lowest BCUT2D eigenvalue weighted by Crippen LogP contribution is -2.39. The van der Waals surface area contributed by atoms with Crippen molar-refractivity contribution in [3.8, 4) is 11.5 Å². The molecule has 0 radical (unpaired) electrons. The number of hydrogen-bond acceptors (Lipinski definition) is 5. The van der Waals surface area contributed by atoms with Crippen molar-refractivity contribution in [2.24, 2.45) is 0 Å². The van der Waals surface area contributed by atoms with E-state index in [-0.39, 0.29) is 28.3 Å². The number of phenolic OH excluding ortho intramolecular Hbond substituents is 1. The van der Waals surface area contributed by atoms with Gasteiger partial charge in [-0.2, -0.15) is 0 Å². The SMILES string of the molecule is CCOc1cc(C(=O)N2CCCC(c3nnc4ccccn34)C2)cc(Cl)c1O. The van der Waals surface area contributed by atoms with Gasteiger partial charge in [0.25, 0.3) is 5.91 Å². The van der Waals surface area contributed by atoms with Crippen molar-refractivity contribution in [1.82, 2.24) is 19.5 Å². The van der Waals surface area contributed by atoms with Gasteiger partial charge >= 0.3 is 0 Å². The lowest BCUT2D eigenvalue weighted by Gasteiger charge is -2.32. The van der Waals surface area contributed by atoms with Crippen LogP contribution in [0.1, 0.15) is 41.9 Å². The van der Waals surface area contributed by atoms with Gasteiger partial charge in [0.15, 0.2) is 17.1 Å². The Labute approximate surface area is 167 Å². The summed E-state index contributed by atoms with van der Waals surface area (Å²) in [7, 11) is 0. The van der Waals surface area contributed by atoms with E-state index in [1.54, 1.807) is 17.9 Å². The Morgan fingerprint density at radius 3 is 3.04 bits per heavy atom. The van der Waals surface area contributed by atoms with Gasteiger partial charge in [0, 0.05) is 30.8 Å². The fourth-order valence-electron chi connectivity index (χ4n) is 3.66. The Hall–Kier alpha value is -2.80. The molecule has 3 aromatic rings. The molecule has 1 unspecified atom stereocenters. The van der Waals surface area contributed by atoms with Crippen LogP contribution in [0, 0.1) is 0 Å². The number of fused-ring (bicyclic) bond motifs is 1. The Morgan fingerprint density at radius 1 is 1.36 bits per heavy atom. The van der Waals surface area contributed by atoms with E-state index in [1.807, 2.05) is 28.8 Å². The third kappa shape index (κ3) is 3.38. The van der Waals surface area contributed by atoms with Crippen LogP contribution in [-0.2, 0) is 0 Å². The summed E-state index contributed by atoms with van der Waals surface area (Å²) in [5, 5.41) is 18.7. The Bertz CT molecular complexity index is 1020. The molecule has 4 rings (SSSR count). The van der Waals surface area contributed by atoms with Crippen molar-refractivity contribution in [3.63, 3.8) is 0 Å². The minimum Gasteiger partial charge on any atom is -0.503 e. The summed E-state index contributed by atoms with van der Waals surface area (Å²) in [5.74, 6) is 0.907. The first kappa shape index (κ1) is 18.6. The maximum Gasteiger partial charge on any atom is 0.254 e. The zero-order chi connectivity index (χ0) is 19.7. The second-order valence-electron chi connectivity index (χ2n) is 6.82. The molecule has 0 aliphatic carbocycles. The van der Waals surface area contributed by atoms with Gasteiger partial charge in [-0.15, -0.1) is 10.2 Å². The highest BCUT2D eigenvalue weighted by atomic mass is 35.5. The lowest BCUT2D eigenvalue weighted by molar-refractivity contribution is 0.0703.